The van der Waals surface area contributed by atoms with Crippen LogP contribution in [0.3, 0.4) is 0 Å². The van der Waals surface area contributed by atoms with E-state index in [1.54, 1.807) is 25.3 Å². The van der Waals surface area contributed by atoms with Crippen molar-refractivity contribution in [3.8, 4) is 0 Å². The molecular formula is C18H17N3O3S. The van der Waals surface area contributed by atoms with Crippen molar-refractivity contribution in [2.75, 3.05) is 18.6 Å². The zero-order chi connectivity index (χ0) is 17.8. The molecule has 128 valence electrons. The quantitative estimate of drug-likeness (QED) is 0.655. The smallest absolute Gasteiger partial charge is 0.310 e. The molecule has 2 aromatic heterocycles. The predicted molar refractivity (Wildman–Crippen MR) is 98.5 cm³/mol. The van der Waals surface area contributed by atoms with Crippen LogP contribution in [-0.4, -0.2) is 29.6 Å². The fraction of sp³-hybridized carbons (Fsp3) is 0.222. The number of anilines is 2. The van der Waals surface area contributed by atoms with Gasteiger partial charge in [-0.3, -0.25) is 9.59 Å². The summed E-state index contributed by atoms with van der Waals surface area (Å²) < 4.78 is 4.95. The highest BCUT2D eigenvalue weighted by molar-refractivity contribution is 7.21. The van der Waals surface area contributed by atoms with E-state index in [1.807, 2.05) is 36.2 Å². The van der Waals surface area contributed by atoms with Crippen molar-refractivity contribution < 1.29 is 9.53 Å². The second-order valence-corrected chi connectivity index (χ2v) is 6.32. The summed E-state index contributed by atoms with van der Waals surface area (Å²) in [5.41, 5.74) is 1.45. The molecule has 0 bridgehead atoms. The van der Waals surface area contributed by atoms with E-state index in [2.05, 4.69) is 9.97 Å². The second-order valence-electron chi connectivity index (χ2n) is 5.36. The van der Waals surface area contributed by atoms with E-state index >= 15 is 0 Å². The van der Waals surface area contributed by atoms with Crippen LogP contribution >= 0.6 is 11.3 Å². The summed E-state index contributed by atoms with van der Waals surface area (Å²) in [5, 5.41) is 1.09. The van der Waals surface area contributed by atoms with Crippen molar-refractivity contribution in [2.24, 2.45) is 0 Å². The van der Waals surface area contributed by atoms with Gasteiger partial charge in [-0.15, -0.1) is 0 Å². The maximum atomic E-state index is 12.1. The second kappa shape index (κ2) is 7.40. The zero-order valence-corrected chi connectivity index (χ0v) is 14.7. The summed E-state index contributed by atoms with van der Waals surface area (Å²) in [6, 6.07) is 11.0. The highest BCUT2D eigenvalue weighted by Gasteiger charge is 2.11. The Labute approximate surface area is 148 Å². The maximum absolute atomic E-state index is 12.1. The predicted octanol–water partition coefficient (Wildman–Crippen LogP) is 2.93. The third-order valence-corrected chi connectivity index (χ3v) is 4.72. The first-order valence-corrected chi connectivity index (χ1v) is 8.64. The van der Waals surface area contributed by atoms with Gasteiger partial charge in [-0.05, 0) is 36.8 Å². The number of rotatable bonds is 5. The number of benzene rings is 1. The van der Waals surface area contributed by atoms with Crippen LogP contribution in [0.25, 0.3) is 10.2 Å². The van der Waals surface area contributed by atoms with Crippen LogP contribution in [-0.2, 0) is 16.0 Å². The lowest BCUT2D eigenvalue weighted by Gasteiger charge is -2.17. The first-order chi connectivity index (χ1) is 12.1. The molecule has 3 aromatic rings. The molecule has 0 aliphatic heterocycles. The monoisotopic (exact) mass is 355 g/mol. The fourth-order valence-corrected chi connectivity index (χ4v) is 3.28. The Morgan fingerprint density at radius 2 is 2.00 bits per heavy atom. The van der Waals surface area contributed by atoms with Gasteiger partial charge in [0, 0.05) is 18.9 Å². The Morgan fingerprint density at radius 3 is 2.72 bits per heavy atom. The van der Waals surface area contributed by atoms with E-state index in [1.165, 1.54) is 11.3 Å². The Hall–Kier alpha value is -2.80. The van der Waals surface area contributed by atoms with Gasteiger partial charge < -0.3 is 9.64 Å². The number of ether oxygens (including phenoxy) is 1. The van der Waals surface area contributed by atoms with Gasteiger partial charge in [0.2, 0.25) is 0 Å². The van der Waals surface area contributed by atoms with Gasteiger partial charge in [0.25, 0.3) is 5.56 Å². The lowest BCUT2D eigenvalue weighted by molar-refractivity contribution is -0.142. The Bertz CT molecular complexity index is 954. The Balaban J connectivity index is 1.84. The van der Waals surface area contributed by atoms with E-state index in [0.717, 1.165) is 11.3 Å². The topological polar surface area (TPSA) is 72.4 Å². The summed E-state index contributed by atoms with van der Waals surface area (Å²) in [5.74, 6) is -0.246. The summed E-state index contributed by atoms with van der Waals surface area (Å²) in [6.07, 6.45) is 1.90. The average Bonchev–Trinajstić information content (AvgIpc) is 2.62. The number of carbonyl (C=O) groups excluding carboxylic acids is 1. The molecule has 1 aromatic carbocycles. The van der Waals surface area contributed by atoms with Crippen molar-refractivity contribution >= 4 is 38.3 Å². The number of pyridine rings is 1. The van der Waals surface area contributed by atoms with Gasteiger partial charge in [-0.2, -0.15) is 4.98 Å². The highest BCUT2D eigenvalue weighted by Crippen LogP contribution is 2.27. The summed E-state index contributed by atoms with van der Waals surface area (Å²) in [7, 11) is 1.84. The lowest BCUT2D eigenvalue weighted by Crippen LogP contribution is -2.15. The number of nitrogens with zero attached hydrogens (tertiary/aromatic N) is 3. The zero-order valence-electron chi connectivity index (χ0n) is 13.9. The first-order valence-electron chi connectivity index (χ1n) is 7.82. The van der Waals surface area contributed by atoms with Gasteiger partial charge >= 0.3 is 5.97 Å². The minimum absolute atomic E-state index is 0.239. The molecule has 2 heterocycles. The van der Waals surface area contributed by atoms with Crippen molar-refractivity contribution in [3.05, 3.63) is 58.5 Å². The minimum Gasteiger partial charge on any atom is -0.466 e. The minimum atomic E-state index is -0.289. The van der Waals surface area contributed by atoms with Gasteiger partial charge in [0.05, 0.1) is 18.4 Å². The van der Waals surface area contributed by atoms with Gasteiger partial charge in [0.1, 0.15) is 4.83 Å². The molecule has 0 fully saturated rings. The molecule has 7 heteroatoms. The third-order valence-electron chi connectivity index (χ3n) is 3.65. The molecule has 0 aliphatic carbocycles. The summed E-state index contributed by atoms with van der Waals surface area (Å²) in [6.45, 7) is 2.16. The fourth-order valence-electron chi connectivity index (χ4n) is 2.36. The van der Waals surface area contributed by atoms with Crippen molar-refractivity contribution in [1.29, 1.82) is 0 Å². The Kier molecular flexibility index (Phi) is 5.04. The molecule has 0 saturated heterocycles. The number of hydrogen-bond acceptors (Lipinski definition) is 7. The van der Waals surface area contributed by atoms with Crippen molar-refractivity contribution in [3.63, 3.8) is 0 Å². The van der Waals surface area contributed by atoms with Gasteiger partial charge in [-0.25, -0.2) is 4.98 Å². The first kappa shape index (κ1) is 17.0. The van der Waals surface area contributed by atoms with E-state index < -0.39 is 0 Å². The standard InChI is InChI=1S/C18H17N3O3S/c1-3-24-15(22)11-12-6-8-13(9-7-12)21(2)18-20-16(23)14-5-4-10-19-17(14)25-18/h4-10H,3,11H2,1-2H3. The van der Waals surface area contributed by atoms with Crippen LogP contribution in [0.1, 0.15) is 12.5 Å². The van der Waals surface area contributed by atoms with Gasteiger partial charge in [0.15, 0.2) is 5.13 Å². The number of fused-ring (bicyclic) bond motifs is 1. The van der Waals surface area contributed by atoms with Crippen molar-refractivity contribution in [2.45, 2.75) is 13.3 Å². The molecule has 0 N–H and O–H groups in total. The molecule has 25 heavy (non-hydrogen) atoms. The molecule has 0 amide bonds. The van der Waals surface area contributed by atoms with Crippen LogP contribution in [0, 0.1) is 0 Å². The van der Waals surface area contributed by atoms with E-state index in [0.29, 0.717) is 22.0 Å². The van der Waals surface area contributed by atoms with Crippen molar-refractivity contribution in [1.82, 2.24) is 9.97 Å². The molecule has 3 rings (SSSR count). The summed E-state index contributed by atoms with van der Waals surface area (Å²) in [4.78, 5) is 34.6. The van der Waals surface area contributed by atoms with Gasteiger partial charge in [-0.1, -0.05) is 23.5 Å². The third kappa shape index (κ3) is 3.83. The maximum Gasteiger partial charge on any atom is 0.310 e. The van der Waals surface area contributed by atoms with Crippen LogP contribution in [0.4, 0.5) is 10.8 Å². The molecule has 0 radical (unpaired) electrons. The molecule has 0 spiro atoms. The lowest BCUT2D eigenvalue weighted by atomic mass is 10.1. The number of aromatic nitrogens is 2. The molecule has 0 atom stereocenters. The molecular weight excluding hydrogens is 338 g/mol. The normalized spacial score (nSPS) is 10.6. The number of carbonyl (C=O) groups is 1. The molecule has 0 unspecified atom stereocenters. The van der Waals surface area contributed by atoms with E-state index in [4.69, 9.17) is 4.74 Å². The molecule has 6 nitrogen and oxygen atoms in total. The largest absolute Gasteiger partial charge is 0.466 e. The molecule has 0 saturated carbocycles. The number of esters is 1. The SMILES string of the molecule is CCOC(=O)Cc1ccc(N(C)c2nc(=O)c3cccnc3s2)cc1. The van der Waals surface area contributed by atoms with E-state index in [-0.39, 0.29) is 17.9 Å². The van der Waals surface area contributed by atoms with Crippen LogP contribution in [0.5, 0.6) is 0 Å². The highest BCUT2D eigenvalue weighted by atomic mass is 32.1. The number of hydrogen-bond donors (Lipinski definition) is 0. The molecule has 0 aliphatic rings. The summed E-state index contributed by atoms with van der Waals surface area (Å²) >= 11 is 1.35. The average molecular weight is 355 g/mol. The Morgan fingerprint density at radius 1 is 1.24 bits per heavy atom. The van der Waals surface area contributed by atoms with Crippen LogP contribution < -0.4 is 10.5 Å². The van der Waals surface area contributed by atoms with Crippen LogP contribution in [0.2, 0.25) is 0 Å². The van der Waals surface area contributed by atoms with Crippen LogP contribution in [0.15, 0.2) is 47.4 Å². The van der Waals surface area contributed by atoms with E-state index in [9.17, 15) is 9.59 Å².